The fourth-order valence-corrected chi connectivity index (χ4v) is 5.70. The van der Waals surface area contributed by atoms with Crippen LogP contribution in [0.4, 0.5) is 0 Å². The van der Waals surface area contributed by atoms with E-state index in [4.69, 9.17) is 18.0 Å². The summed E-state index contributed by atoms with van der Waals surface area (Å²) >= 11 is 0. The van der Waals surface area contributed by atoms with E-state index < -0.39 is 8.80 Å². The molecule has 6 nitrogen and oxygen atoms in total. The highest BCUT2D eigenvalue weighted by Gasteiger charge is 2.39. The van der Waals surface area contributed by atoms with Gasteiger partial charge in [-0.3, -0.25) is 4.90 Å². The van der Waals surface area contributed by atoms with Gasteiger partial charge in [-0.2, -0.15) is 0 Å². The van der Waals surface area contributed by atoms with E-state index in [1.54, 1.807) is 0 Å². The van der Waals surface area contributed by atoms with E-state index in [1.165, 1.54) is 0 Å². The normalized spacial score (nSPS) is 17.2. The lowest BCUT2D eigenvalue weighted by atomic mass is 10.00. The van der Waals surface area contributed by atoms with Gasteiger partial charge in [0.25, 0.3) is 0 Å². The molecule has 0 unspecified atom stereocenters. The highest BCUT2D eigenvalue weighted by atomic mass is 28.4. The Balaban J connectivity index is 2.31. The minimum atomic E-state index is -2.50. The fraction of sp³-hybridized carbons (Fsp3) is 1.00. The Kier molecular flexibility index (Phi) is 11.4. The molecule has 0 atom stereocenters. The van der Waals surface area contributed by atoms with Crippen LogP contribution in [0, 0.1) is 0 Å². The molecule has 0 aromatic heterocycles. The highest BCUT2D eigenvalue weighted by Crippen LogP contribution is 2.18. The Hall–Kier alpha value is -0.0231. The first-order valence-corrected chi connectivity index (χ1v) is 11.9. The number of morpholine rings is 1. The predicted octanol–water partition coefficient (Wildman–Crippen LogP) is 2.52. The van der Waals surface area contributed by atoms with Gasteiger partial charge in [0.05, 0.1) is 13.2 Å². The van der Waals surface area contributed by atoms with Crippen LogP contribution in [0.2, 0.25) is 6.04 Å². The van der Waals surface area contributed by atoms with Crippen molar-refractivity contribution in [3.05, 3.63) is 0 Å². The quantitative estimate of drug-likeness (QED) is 0.371. The van der Waals surface area contributed by atoms with Crippen LogP contribution in [0.15, 0.2) is 0 Å². The van der Waals surface area contributed by atoms with E-state index in [-0.39, 0.29) is 5.54 Å². The molecular weight excluding hydrogens is 336 g/mol. The van der Waals surface area contributed by atoms with Gasteiger partial charge in [0.2, 0.25) is 0 Å². The summed E-state index contributed by atoms with van der Waals surface area (Å²) in [5.41, 5.74) is 0.130. The van der Waals surface area contributed by atoms with Crippen molar-refractivity contribution in [2.45, 2.75) is 59.0 Å². The lowest BCUT2D eigenvalue weighted by molar-refractivity contribution is 0.0343. The molecule has 25 heavy (non-hydrogen) atoms. The molecular formula is C18H40N2O4Si. The van der Waals surface area contributed by atoms with Crippen molar-refractivity contribution in [3.63, 3.8) is 0 Å². The molecule has 0 bridgehead atoms. The SMILES string of the molecule is CCO[Si](CCCNC(C)(C)CCN1CCOCC1)(OCC)OCC. The zero-order valence-corrected chi connectivity index (χ0v) is 18.1. The van der Waals surface area contributed by atoms with Gasteiger partial charge in [-0.15, -0.1) is 0 Å². The summed E-state index contributed by atoms with van der Waals surface area (Å²) < 4.78 is 23.2. The van der Waals surface area contributed by atoms with Crippen LogP contribution >= 0.6 is 0 Å². The minimum absolute atomic E-state index is 0.130. The molecule has 0 aromatic carbocycles. The second-order valence-electron chi connectivity index (χ2n) is 7.10. The van der Waals surface area contributed by atoms with Gasteiger partial charge in [-0.05, 0) is 54.0 Å². The van der Waals surface area contributed by atoms with Crippen molar-refractivity contribution < 1.29 is 18.0 Å². The number of ether oxygens (including phenoxy) is 1. The summed E-state index contributed by atoms with van der Waals surface area (Å²) in [5, 5.41) is 3.70. The second kappa shape index (κ2) is 12.4. The van der Waals surface area contributed by atoms with Crippen molar-refractivity contribution in [1.29, 1.82) is 0 Å². The van der Waals surface area contributed by atoms with Gasteiger partial charge < -0.3 is 23.3 Å². The first-order valence-electron chi connectivity index (χ1n) is 9.94. The largest absolute Gasteiger partial charge is 0.500 e. The van der Waals surface area contributed by atoms with Crippen molar-refractivity contribution in [2.24, 2.45) is 0 Å². The van der Waals surface area contributed by atoms with Crippen LogP contribution in [-0.4, -0.2) is 78.5 Å². The molecule has 1 N–H and O–H groups in total. The third-order valence-electron chi connectivity index (χ3n) is 4.51. The number of hydrogen-bond donors (Lipinski definition) is 1. The predicted molar refractivity (Wildman–Crippen MR) is 104 cm³/mol. The van der Waals surface area contributed by atoms with Crippen LogP contribution in [-0.2, 0) is 18.0 Å². The zero-order valence-electron chi connectivity index (χ0n) is 17.1. The molecule has 1 heterocycles. The molecule has 0 radical (unpaired) electrons. The van der Waals surface area contributed by atoms with Crippen LogP contribution < -0.4 is 5.32 Å². The fourth-order valence-electron chi connectivity index (χ4n) is 3.08. The maximum atomic E-state index is 5.92. The number of nitrogens with one attached hydrogen (secondary N) is 1. The van der Waals surface area contributed by atoms with E-state index in [9.17, 15) is 0 Å². The summed E-state index contributed by atoms with van der Waals surface area (Å²) in [7, 11) is -2.50. The Labute approximate surface area is 155 Å². The third-order valence-corrected chi connectivity index (χ3v) is 7.66. The van der Waals surface area contributed by atoms with Gasteiger partial charge in [0.15, 0.2) is 0 Å². The molecule has 1 aliphatic heterocycles. The molecule has 0 aromatic rings. The number of rotatable bonds is 14. The second-order valence-corrected chi connectivity index (χ2v) is 9.83. The van der Waals surface area contributed by atoms with Gasteiger partial charge in [0, 0.05) is 51.0 Å². The standard InChI is InChI=1S/C18H40N2O4Si/c1-6-22-25(23-7-2,24-8-3)17-9-11-19-18(4,5)10-12-20-13-15-21-16-14-20/h19H,6-17H2,1-5H3. The van der Waals surface area contributed by atoms with E-state index in [2.05, 4.69) is 24.1 Å². The van der Waals surface area contributed by atoms with Crippen LogP contribution in [0.25, 0.3) is 0 Å². The maximum Gasteiger partial charge on any atom is 0.500 e. The smallest absolute Gasteiger partial charge is 0.379 e. The summed E-state index contributed by atoms with van der Waals surface area (Å²) in [4.78, 5) is 2.49. The number of hydrogen-bond acceptors (Lipinski definition) is 6. The van der Waals surface area contributed by atoms with E-state index in [0.29, 0.717) is 19.8 Å². The highest BCUT2D eigenvalue weighted by molar-refractivity contribution is 6.60. The topological polar surface area (TPSA) is 52.2 Å². The molecule has 1 saturated heterocycles. The zero-order chi connectivity index (χ0) is 18.6. The summed E-state index contributed by atoms with van der Waals surface area (Å²) in [6.45, 7) is 18.4. The summed E-state index contributed by atoms with van der Waals surface area (Å²) in [6, 6.07) is 0.870. The van der Waals surface area contributed by atoms with Crippen molar-refractivity contribution in [1.82, 2.24) is 10.2 Å². The lowest BCUT2D eigenvalue weighted by Gasteiger charge is -2.33. The average Bonchev–Trinajstić information content (AvgIpc) is 2.59. The van der Waals surface area contributed by atoms with Crippen LogP contribution in [0.1, 0.15) is 47.5 Å². The van der Waals surface area contributed by atoms with Crippen LogP contribution in [0.5, 0.6) is 0 Å². The molecule has 1 fully saturated rings. The molecule has 0 spiro atoms. The molecule has 150 valence electrons. The molecule has 1 rings (SSSR count). The molecule has 0 saturated carbocycles. The van der Waals surface area contributed by atoms with Crippen molar-refractivity contribution >= 4 is 8.80 Å². The Morgan fingerprint density at radius 2 is 1.56 bits per heavy atom. The Bertz CT molecular complexity index is 322. The van der Waals surface area contributed by atoms with Gasteiger partial charge in [-0.25, -0.2) is 0 Å². The lowest BCUT2D eigenvalue weighted by Crippen LogP contribution is -2.48. The summed E-state index contributed by atoms with van der Waals surface area (Å²) in [5.74, 6) is 0. The van der Waals surface area contributed by atoms with Crippen LogP contribution in [0.3, 0.4) is 0 Å². The van der Waals surface area contributed by atoms with E-state index in [1.807, 2.05) is 20.8 Å². The molecule has 1 aliphatic rings. The molecule has 7 heteroatoms. The monoisotopic (exact) mass is 376 g/mol. The summed E-state index contributed by atoms with van der Waals surface area (Å²) in [6.07, 6.45) is 2.14. The van der Waals surface area contributed by atoms with Crippen molar-refractivity contribution in [3.8, 4) is 0 Å². The Morgan fingerprint density at radius 3 is 2.08 bits per heavy atom. The Morgan fingerprint density at radius 1 is 1.00 bits per heavy atom. The van der Waals surface area contributed by atoms with Gasteiger partial charge >= 0.3 is 8.80 Å². The van der Waals surface area contributed by atoms with Gasteiger partial charge in [-0.1, -0.05) is 0 Å². The maximum absolute atomic E-state index is 5.92. The molecule has 0 aliphatic carbocycles. The minimum Gasteiger partial charge on any atom is -0.379 e. The molecule has 0 amide bonds. The van der Waals surface area contributed by atoms with Crippen molar-refractivity contribution in [2.75, 3.05) is 59.2 Å². The van der Waals surface area contributed by atoms with E-state index in [0.717, 1.165) is 58.3 Å². The number of nitrogens with zero attached hydrogens (tertiary/aromatic N) is 1. The first-order chi connectivity index (χ1) is 12.0. The third kappa shape index (κ3) is 9.47. The first kappa shape index (κ1) is 23.0. The average molecular weight is 377 g/mol. The van der Waals surface area contributed by atoms with Gasteiger partial charge in [0.1, 0.15) is 0 Å². The van der Waals surface area contributed by atoms with E-state index >= 15 is 0 Å².